The molecule has 3 N–H and O–H groups in total. The molecule has 0 aliphatic heterocycles. The van der Waals surface area contributed by atoms with Crippen LogP contribution in [-0.2, 0) is 14.8 Å². The zero-order valence-corrected chi connectivity index (χ0v) is 20.6. The number of benzene rings is 2. The van der Waals surface area contributed by atoms with Crippen LogP contribution in [0.4, 0.5) is 22.1 Å². The zero-order chi connectivity index (χ0) is 25.3. The second kappa shape index (κ2) is 12.0. The fourth-order valence-corrected chi connectivity index (χ4v) is 3.56. The lowest BCUT2D eigenvalue weighted by Gasteiger charge is -2.10. The van der Waals surface area contributed by atoms with E-state index in [0.29, 0.717) is 27.8 Å². The third-order valence-electron chi connectivity index (χ3n) is 3.94. The largest absolute Gasteiger partial charge is 0.351 e. The summed E-state index contributed by atoms with van der Waals surface area (Å²) in [6.07, 6.45) is 0.750. The number of carbonyl (C=O) groups is 2. The molecule has 10 nitrogen and oxygen atoms in total. The van der Waals surface area contributed by atoms with Crippen molar-refractivity contribution in [1.29, 1.82) is 0 Å². The number of amides is 3. The number of aryl methyl sites for hydroxylation is 2. The van der Waals surface area contributed by atoms with Crippen LogP contribution in [0.3, 0.4) is 0 Å². The highest BCUT2D eigenvalue weighted by Gasteiger charge is 2.16. The van der Waals surface area contributed by atoms with Gasteiger partial charge in [0.2, 0.25) is 12.4 Å². The van der Waals surface area contributed by atoms with Crippen LogP contribution < -0.4 is 15.4 Å². The van der Waals surface area contributed by atoms with E-state index < -0.39 is 16.1 Å². The molecule has 2 aromatic carbocycles. The summed E-state index contributed by atoms with van der Waals surface area (Å²) in [4.78, 5) is 31.1. The van der Waals surface area contributed by atoms with Crippen LogP contribution in [0, 0.1) is 13.8 Å². The van der Waals surface area contributed by atoms with Crippen molar-refractivity contribution in [1.82, 2.24) is 14.9 Å². The molecular weight excluding hydrogens is 480 g/mol. The number of aromatic nitrogens is 2. The van der Waals surface area contributed by atoms with Crippen molar-refractivity contribution in [3.8, 4) is 0 Å². The molecule has 3 rings (SSSR count). The van der Waals surface area contributed by atoms with Gasteiger partial charge in [-0.3, -0.25) is 4.79 Å². The van der Waals surface area contributed by atoms with E-state index >= 15 is 0 Å². The Bertz CT molecular complexity index is 1210. The highest BCUT2D eigenvalue weighted by Crippen LogP contribution is 2.18. The number of rotatable bonds is 6. The maximum absolute atomic E-state index is 12.5. The van der Waals surface area contributed by atoms with E-state index in [2.05, 4.69) is 25.3 Å². The van der Waals surface area contributed by atoms with Crippen molar-refractivity contribution in [2.24, 2.45) is 0 Å². The van der Waals surface area contributed by atoms with Gasteiger partial charge >= 0.3 is 6.03 Å². The van der Waals surface area contributed by atoms with Crippen LogP contribution in [0.15, 0.2) is 59.5 Å². The first-order chi connectivity index (χ1) is 16.0. The van der Waals surface area contributed by atoms with E-state index in [9.17, 15) is 18.0 Å². The fourth-order valence-electron chi connectivity index (χ4n) is 2.49. The smallest absolute Gasteiger partial charge is 0.323 e. The Hall–Kier alpha value is -3.70. The summed E-state index contributed by atoms with van der Waals surface area (Å²) in [5.41, 5.74) is 2.31. The molecule has 0 fully saturated rings. The Morgan fingerprint density at radius 2 is 1.35 bits per heavy atom. The first-order valence-corrected chi connectivity index (χ1v) is 11.7. The molecule has 3 aromatic rings. The number of hydrogen-bond acceptors (Lipinski definition) is 6. The Morgan fingerprint density at radius 3 is 1.79 bits per heavy atom. The second-order valence-electron chi connectivity index (χ2n) is 7.26. The number of nitrogens with one attached hydrogen (secondary N) is 3. The molecule has 0 saturated carbocycles. The number of anilines is 3. The molecule has 12 heteroatoms. The maximum atomic E-state index is 12.5. The molecule has 1 aromatic heterocycles. The average Bonchev–Trinajstić information content (AvgIpc) is 2.75. The van der Waals surface area contributed by atoms with E-state index in [1.54, 1.807) is 58.3 Å². The molecule has 0 saturated heterocycles. The van der Waals surface area contributed by atoms with Crippen molar-refractivity contribution in [2.45, 2.75) is 18.7 Å². The molecule has 34 heavy (non-hydrogen) atoms. The van der Waals surface area contributed by atoms with Gasteiger partial charge in [-0.15, -0.1) is 0 Å². The topological polar surface area (TPSA) is 133 Å². The summed E-state index contributed by atoms with van der Waals surface area (Å²) in [5.74, 6) is 0.00652. The lowest BCUT2D eigenvalue weighted by molar-refractivity contribution is -0.115. The van der Waals surface area contributed by atoms with E-state index in [4.69, 9.17) is 11.6 Å². The number of urea groups is 1. The van der Waals surface area contributed by atoms with E-state index in [-0.39, 0.29) is 10.8 Å². The summed E-state index contributed by atoms with van der Waals surface area (Å²) in [6.45, 7) is 3.50. The predicted octanol–water partition coefficient (Wildman–Crippen LogP) is 3.90. The highest BCUT2D eigenvalue weighted by molar-refractivity contribution is 7.92. The molecule has 0 atom stereocenters. The van der Waals surface area contributed by atoms with E-state index in [0.717, 1.165) is 6.41 Å². The van der Waals surface area contributed by atoms with Crippen LogP contribution in [0.2, 0.25) is 5.02 Å². The molecule has 3 amide bonds. The Labute approximate surface area is 203 Å². The number of carbonyl (C=O) groups excluding carboxylic acids is 2. The Balaban J connectivity index is 0.000000739. The van der Waals surface area contributed by atoms with Crippen LogP contribution in [0.1, 0.15) is 11.4 Å². The van der Waals surface area contributed by atoms with Gasteiger partial charge in [0, 0.05) is 41.9 Å². The number of nitrogens with zero attached hydrogens (tertiary/aromatic N) is 3. The molecule has 0 unspecified atom stereocenters. The monoisotopic (exact) mass is 504 g/mol. The number of sulfonamides is 1. The lowest BCUT2D eigenvalue weighted by Crippen LogP contribution is -2.19. The predicted molar refractivity (Wildman–Crippen MR) is 133 cm³/mol. The second-order valence-corrected chi connectivity index (χ2v) is 9.38. The lowest BCUT2D eigenvalue weighted by atomic mass is 10.3. The van der Waals surface area contributed by atoms with Crippen molar-refractivity contribution < 1.29 is 18.0 Å². The fraction of sp³-hybridized carbons (Fsp3) is 0.182. The molecule has 0 aliphatic rings. The van der Waals surface area contributed by atoms with Gasteiger partial charge in [0.25, 0.3) is 10.0 Å². The molecule has 180 valence electrons. The van der Waals surface area contributed by atoms with Crippen LogP contribution >= 0.6 is 11.6 Å². The van der Waals surface area contributed by atoms with Crippen molar-refractivity contribution in [3.63, 3.8) is 0 Å². The third kappa shape index (κ3) is 8.68. The maximum Gasteiger partial charge on any atom is 0.323 e. The third-order valence-corrected chi connectivity index (χ3v) is 5.54. The normalized spacial score (nSPS) is 10.4. The van der Waals surface area contributed by atoms with Crippen LogP contribution in [0.25, 0.3) is 0 Å². The zero-order valence-electron chi connectivity index (χ0n) is 19.0. The van der Waals surface area contributed by atoms with Crippen molar-refractivity contribution in [3.05, 3.63) is 71.0 Å². The Morgan fingerprint density at radius 1 is 0.912 bits per heavy atom. The van der Waals surface area contributed by atoms with Gasteiger partial charge in [-0.1, -0.05) is 11.6 Å². The highest BCUT2D eigenvalue weighted by atomic mass is 35.5. The van der Waals surface area contributed by atoms with Gasteiger partial charge in [-0.05, 0) is 68.4 Å². The number of hydrogen-bond donors (Lipinski definition) is 3. The van der Waals surface area contributed by atoms with Gasteiger partial charge in [0.1, 0.15) is 0 Å². The molecule has 0 bridgehead atoms. The van der Waals surface area contributed by atoms with E-state index in [1.165, 1.54) is 29.2 Å². The summed E-state index contributed by atoms with van der Waals surface area (Å²) in [5, 5.41) is 5.84. The minimum absolute atomic E-state index is 0.00652. The summed E-state index contributed by atoms with van der Waals surface area (Å²) < 4.78 is 27.4. The first-order valence-electron chi connectivity index (χ1n) is 9.89. The molecule has 0 spiro atoms. The van der Waals surface area contributed by atoms with Crippen LogP contribution in [-0.4, -0.2) is 49.8 Å². The van der Waals surface area contributed by atoms with Gasteiger partial charge in [-0.2, -0.15) is 0 Å². The van der Waals surface area contributed by atoms with Crippen molar-refractivity contribution in [2.75, 3.05) is 29.5 Å². The standard InChI is InChI=1S/C19H18ClN5O3S.C3H7NO/c1-12-11-13(2)22-18(21-12)25-29(27,28)17-9-7-16(8-10-17)24-19(26)23-15-5-3-14(20)4-6-15;1-4(2)3-5/h3-11H,1-2H3,(H,21,22,25)(H2,23,24,26);3H,1-2H3. The summed E-state index contributed by atoms with van der Waals surface area (Å²) in [7, 11) is -0.486. The minimum atomic E-state index is -3.86. The molecular formula is C22H25ClN6O4S. The summed E-state index contributed by atoms with van der Waals surface area (Å²) in [6, 6.07) is 13.6. The molecule has 0 aliphatic carbocycles. The van der Waals surface area contributed by atoms with Gasteiger partial charge in [-0.25, -0.2) is 27.9 Å². The van der Waals surface area contributed by atoms with Gasteiger partial charge in [0.05, 0.1) is 4.90 Å². The molecule has 1 heterocycles. The van der Waals surface area contributed by atoms with E-state index in [1.807, 2.05) is 0 Å². The van der Waals surface area contributed by atoms with Crippen LogP contribution in [0.5, 0.6) is 0 Å². The number of halogens is 1. The Kier molecular flexibility index (Phi) is 9.34. The first kappa shape index (κ1) is 26.6. The SMILES string of the molecule is CN(C)C=O.Cc1cc(C)nc(NS(=O)(=O)c2ccc(NC(=O)Nc3ccc(Cl)cc3)cc2)n1. The minimum Gasteiger partial charge on any atom is -0.351 e. The quantitative estimate of drug-likeness (QED) is 0.436. The van der Waals surface area contributed by atoms with Gasteiger partial charge < -0.3 is 15.5 Å². The summed E-state index contributed by atoms with van der Waals surface area (Å²) >= 11 is 5.81. The van der Waals surface area contributed by atoms with Gasteiger partial charge in [0.15, 0.2) is 0 Å². The molecule has 0 radical (unpaired) electrons. The van der Waals surface area contributed by atoms with Crippen molar-refractivity contribution >= 4 is 51.4 Å². The average molecular weight is 505 g/mol.